The highest BCUT2D eigenvalue weighted by molar-refractivity contribution is 8.00. The molecule has 36 heavy (non-hydrogen) atoms. The fraction of sp³-hybridized carbons (Fsp3) is 0.538. The van der Waals surface area contributed by atoms with Gasteiger partial charge in [0, 0.05) is 42.7 Å². The van der Waals surface area contributed by atoms with E-state index >= 15 is 0 Å². The van der Waals surface area contributed by atoms with E-state index in [4.69, 9.17) is 9.47 Å². The van der Waals surface area contributed by atoms with Gasteiger partial charge in [-0.3, -0.25) is 14.5 Å². The van der Waals surface area contributed by atoms with Gasteiger partial charge in [-0.1, -0.05) is 41.5 Å². The monoisotopic (exact) mass is 518 g/mol. The number of fused-ring (bicyclic) bond motifs is 1. The number of benzene rings is 1. The van der Waals surface area contributed by atoms with Gasteiger partial charge in [-0.05, 0) is 28.5 Å². The number of hydrogen-bond acceptors (Lipinski definition) is 8. The van der Waals surface area contributed by atoms with E-state index in [0.717, 1.165) is 16.0 Å². The summed E-state index contributed by atoms with van der Waals surface area (Å²) in [5.74, 6) is -1.96. The molecule has 10 heteroatoms. The van der Waals surface area contributed by atoms with E-state index < -0.39 is 28.9 Å². The molecule has 2 aliphatic rings. The highest BCUT2D eigenvalue weighted by Crippen LogP contribution is 2.49. The minimum absolute atomic E-state index is 0.206. The molecule has 0 unspecified atom stereocenters. The van der Waals surface area contributed by atoms with Crippen molar-refractivity contribution in [1.29, 1.82) is 0 Å². The first-order chi connectivity index (χ1) is 16.5. The summed E-state index contributed by atoms with van der Waals surface area (Å²) >= 11 is 1.30. The molecule has 1 amide bonds. The predicted molar refractivity (Wildman–Crippen MR) is 137 cm³/mol. The molecule has 1 aromatic carbocycles. The van der Waals surface area contributed by atoms with E-state index in [0.29, 0.717) is 11.1 Å². The summed E-state index contributed by atoms with van der Waals surface area (Å²) < 4.78 is 10.6. The Morgan fingerprint density at radius 1 is 1.19 bits per heavy atom. The van der Waals surface area contributed by atoms with Crippen molar-refractivity contribution in [2.75, 3.05) is 19.5 Å². The van der Waals surface area contributed by atoms with Crippen LogP contribution in [0.4, 0.5) is 0 Å². The number of carboxylic acids is 1. The summed E-state index contributed by atoms with van der Waals surface area (Å²) in [6.07, 6.45) is 1.54. The van der Waals surface area contributed by atoms with Crippen molar-refractivity contribution in [2.24, 2.45) is 4.99 Å². The normalized spacial score (nSPS) is 22.5. The second kappa shape index (κ2) is 9.55. The second-order valence-corrected chi connectivity index (χ2v) is 12.1. The molecular formula is C26H34N2O7S. The standard InChI is InChI=1S/C26H34N2O7S/c1-14(29)35-12-16-13-36-23-26(34-8,22(33)28(23)19(16)21(31)32)27-11-15-9-17(24(2,3)4)20(30)18(10-15)25(5,6)7/h9-11,23,30H,12-13H2,1-8H3,(H,31,32)/t23-,26+/m1/s1. The highest BCUT2D eigenvalue weighted by atomic mass is 32.2. The smallest absolute Gasteiger partial charge is 0.352 e. The van der Waals surface area contributed by atoms with Gasteiger partial charge < -0.3 is 19.7 Å². The number of esters is 1. The maximum Gasteiger partial charge on any atom is 0.352 e. The summed E-state index contributed by atoms with van der Waals surface area (Å²) in [5.41, 5.74) is 0.0522. The number of rotatable bonds is 6. The maximum absolute atomic E-state index is 13.3. The summed E-state index contributed by atoms with van der Waals surface area (Å²) in [6.45, 7) is 13.1. The molecule has 0 aromatic heterocycles. The predicted octanol–water partition coefficient (Wildman–Crippen LogP) is 3.57. The third-order valence-corrected chi connectivity index (χ3v) is 7.56. The van der Waals surface area contributed by atoms with Gasteiger partial charge in [-0.2, -0.15) is 0 Å². The molecule has 0 saturated carbocycles. The molecule has 1 aromatic rings. The maximum atomic E-state index is 13.3. The first-order valence-electron chi connectivity index (χ1n) is 11.6. The summed E-state index contributed by atoms with van der Waals surface area (Å²) in [6, 6.07) is 3.68. The fourth-order valence-corrected chi connectivity index (χ4v) is 5.69. The molecule has 196 valence electrons. The number of carboxylic acid groups (broad SMARTS) is 1. The van der Waals surface area contributed by atoms with Crippen LogP contribution < -0.4 is 0 Å². The van der Waals surface area contributed by atoms with E-state index in [1.165, 1.54) is 25.8 Å². The minimum Gasteiger partial charge on any atom is -0.507 e. The fourth-order valence-electron chi connectivity index (χ4n) is 4.28. The number of aliphatic imine (C=N–C) groups is 1. The van der Waals surface area contributed by atoms with Crippen LogP contribution in [0.25, 0.3) is 0 Å². The number of amides is 1. The van der Waals surface area contributed by atoms with Crippen LogP contribution in [0.5, 0.6) is 5.75 Å². The molecule has 2 heterocycles. The number of phenols is 1. The number of carbonyl (C=O) groups excluding carboxylic acids is 2. The lowest BCUT2D eigenvalue weighted by atomic mass is 9.78. The zero-order valence-electron chi connectivity index (χ0n) is 22.0. The van der Waals surface area contributed by atoms with Crippen LogP contribution in [0.2, 0.25) is 0 Å². The van der Waals surface area contributed by atoms with Crippen molar-refractivity contribution >= 4 is 35.8 Å². The lowest BCUT2D eigenvalue weighted by Gasteiger charge is -2.53. The molecule has 2 aliphatic heterocycles. The number of β-lactam (4-membered cyclic amide) rings is 1. The molecule has 0 spiro atoms. The van der Waals surface area contributed by atoms with Crippen LogP contribution in [-0.4, -0.2) is 69.7 Å². The molecule has 0 bridgehead atoms. The quantitative estimate of drug-likeness (QED) is 0.333. The molecule has 1 saturated heterocycles. The average molecular weight is 519 g/mol. The topological polar surface area (TPSA) is 126 Å². The summed E-state index contributed by atoms with van der Waals surface area (Å²) in [4.78, 5) is 42.2. The lowest BCUT2D eigenvalue weighted by Crippen LogP contribution is -2.73. The van der Waals surface area contributed by atoms with Crippen LogP contribution in [0.15, 0.2) is 28.4 Å². The highest BCUT2D eigenvalue weighted by Gasteiger charge is 2.66. The van der Waals surface area contributed by atoms with E-state index in [1.807, 2.05) is 53.7 Å². The third kappa shape index (κ3) is 4.88. The van der Waals surface area contributed by atoms with E-state index in [1.54, 1.807) is 6.21 Å². The summed E-state index contributed by atoms with van der Waals surface area (Å²) in [5, 5.41) is 20.1. The molecule has 9 nitrogen and oxygen atoms in total. The number of aromatic hydroxyl groups is 1. The number of hydrogen-bond donors (Lipinski definition) is 2. The van der Waals surface area contributed by atoms with Crippen molar-refractivity contribution in [3.8, 4) is 5.75 Å². The number of phenolic OH excluding ortho intramolecular Hbond substituents is 1. The van der Waals surface area contributed by atoms with Crippen molar-refractivity contribution in [2.45, 2.75) is 70.4 Å². The third-order valence-electron chi connectivity index (χ3n) is 6.20. The van der Waals surface area contributed by atoms with Crippen molar-refractivity contribution in [3.63, 3.8) is 0 Å². The van der Waals surface area contributed by atoms with Crippen molar-refractivity contribution < 1.29 is 34.1 Å². The molecule has 3 rings (SSSR count). The number of aliphatic carboxylic acids is 1. The Labute approximate surface area is 215 Å². The zero-order chi connectivity index (χ0) is 27.2. The Hall–Kier alpha value is -2.85. The Balaban J connectivity index is 2.02. The Morgan fingerprint density at radius 3 is 2.19 bits per heavy atom. The van der Waals surface area contributed by atoms with Crippen molar-refractivity contribution in [3.05, 3.63) is 40.1 Å². The second-order valence-electron chi connectivity index (χ2n) is 11.0. The Bertz CT molecular complexity index is 1120. The van der Waals surface area contributed by atoms with E-state index in [9.17, 15) is 24.6 Å². The number of thioether (sulfide) groups is 1. The van der Waals surface area contributed by atoms with E-state index in [-0.39, 0.29) is 34.6 Å². The number of methoxy groups -OCH3 is 1. The van der Waals surface area contributed by atoms with Crippen LogP contribution in [0.1, 0.15) is 65.2 Å². The van der Waals surface area contributed by atoms with Gasteiger partial charge in [0.05, 0.1) is 0 Å². The van der Waals surface area contributed by atoms with Gasteiger partial charge in [0.1, 0.15) is 23.4 Å². The Morgan fingerprint density at radius 2 is 1.75 bits per heavy atom. The van der Waals surface area contributed by atoms with Crippen LogP contribution in [0.3, 0.4) is 0 Å². The van der Waals surface area contributed by atoms with Gasteiger partial charge in [-0.25, -0.2) is 9.79 Å². The lowest BCUT2D eigenvalue weighted by molar-refractivity contribution is -0.182. The largest absolute Gasteiger partial charge is 0.507 e. The van der Waals surface area contributed by atoms with Crippen LogP contribution >= 0.6 is 11.8 Å². The number of carbonyl (C=O) groups is 3. The Kier molecular flexibility index (Phi) is 7.36. The van der Waals surface area contributed by atoms with Gasteiger partial charge in [0.15, 0.2) is 0 Å². The van der Waals surface area contributed by atoms with E-state index in [2.05, 4.69) is 4.99 Å². The molecular weight excluding hydrogens is 484 g/mol. The zero-order valence-corrected chi connectivity index (χ0v) is 22.8. The number of nitrogens with zero attached hydrogens (tertiary/aromatic N) is 2. The summed E-state index contributed by atoms with van der Waals surface area (Å²) in [7, 11) is 1.36. The van der Waals surface area contributed by atoms with Crippen molar-refractivity contribution in [1.82, 2.24) is 4.90 Å². The first-order valence-corrected chi connectivity index (χ1v) is 12.6. The van der Waals surface area contributed by atoms with Gasteiger partial charge in [0.25, 0.3) is 11.6 Å². The van der Waals surface area contributed by atoms with Gasteiger partial charge in [0.2, 0.25) is 0 Å². The molecule has 0 radical (unpaired) electrons. The average Bonchev–Trinajstić information content (AvgIpc) is 2.76. The SMILES string of the molecule is CO[C@@]1(N=Cc2cc(C(C)(C)C)c(O)c(C(C)(C)C)c2)C(=O)N2C(C(=O)O)=C(COC(C)=O)CS[C@@H]21. The number of ether oxygens (including phenoxy) is 2. The van der Waals surface area contributed by atoms with Crippen LogP contribution in [-0.2, 0) is 34.7 Å². The van der Waals surface area contributed by atoms with Gasteiger partial charge in [-0.15, -0.1) is 11.8 Å². The molecule has 0 aliphatic carbocycles. The molecule has 1 fully saturated rings. The molecule has 2 N–H and O–H groups in total. The minimum atomic E-state index is -1.60. The van der Waals surface area contributed by atoms with Gasteiger partial charge >= 0.3 is 11.9 Å². The van der Waals surface area contributed by atoms with Crippen LogP contribution in [0, 0.1) is 0 Å². The molecule has 2 atom stereocenters. The first kappa shape index (κ1) is 27.7.